The van der Waals surface area contributed by atoms with E-state index in [1.54, 1.807) is 6.07 Å². The van der Waals surface area contributed by atoms with E-state index in [1.165, 1.54) is 0 Å². The standard InChI is InChI=1S/C27H25NO3/c1-18-9-8-14-24(19(18)2)31-17-25(30)28-27(21-11-4-3-5-12-21)26-22-13-7-6-10-20(22)15-16-23(26)29/h3-16,27,29H,17H2,1-2H3,(H,28,30). The molecule has 0 saturated heterocycles. The predicted octanol–water partition coefficient (Wildman–Crippen LogP) is 5.45. The zero-order chi connectivity index (χ0) is 21.8. The fourth-order valence-electron chi connectivity index (χ4n) is 3.78. The minimum Gasteiger partial charge on any atom is -0.508 e. The first-order valence-corrected chi connectivity index (χ1v) is 10.3. The Morgan fingerprint density at radius 1 is 0.903 bits per heavy atom. The molecule has 0 heterocycles. The molecule has 0 saturated carbocycles. The number of fused-ring (bicyclic) bond motifs is 1. The Morgan fingerprint density at radius 2 is 1.65 bits per heavy atom. The SMILES string of the molecule is Cc1cccc(OCC(=O)NC(c2ccccc2)c2c(O)ccc3ccccc23)c1C. The highest BCUT2D eigenvalue weighted by Gasteiger charge is 2.22. The third kappa shape index (κ3) is 4.38. The van der Waals surface area contributed by atoms with Gasteiger partial charge in [-0.15, -0.1) is 0 Å². The number of carbonyl (C=O) groups is 1. The van der Waals surface area contributed by atoms with Crippen LogP contribution in [0.15, 0.2) is 84.9 Å². The van der Waals surface area contributed by atoms with Crippen LogP contribution in [0.5, 0.6) is 11.5 Å². The summed E-state index contributed by atoms with van der Waals surface area (Å²) in [6.07, 6.45) is 0. The van der Waals surface area contributed by atoms with Crippen LogP contribution in [0.3, 0.4) is 0 Å². The lowest BCUT2D eigenvalue weighted by molar-refractivity contribution is -0.123. The van der Waals surface area contributed by atoms with Gasteiger partial charge in [-0.2, -0.15) is 0 Å². The van der Waals surface area contributed by atoms with Crippen LogP contribution in [-0.4, -0.2) is 17.6 Å². The topological polar surface area (TPSA) is 58.6 Å². The molecule has 4 aromatic rings. The molecular formula is C27H25NO3. The minimum atomic E-state index is -0.512. The summed E-state index contributed by atoms with van der Waals surface area (Å²) in [6.45, 7) is 3.87. The van der Waals surface area contributed by atoms with Crippen LogP contribution in [0.2, 0.25) is 0 Å². The minimum absolute atomic E-state index is 0.112. The van der Waals surface area contributed by atoms with Crippen LogP contribution in [0.25, 0.3) is 10.8 Å². The van der Waals surface area contributed by atoms with E-state index in [-0.39, 0.29) is 18.3 Å². The lowest BCUT2D eigenvalue weighted by Gasteiger charge is -2.23. The van der Waals surface area contributed by atoms with E-state index in [0.717, 1.165) is 27.5 Å². The van der Waals surface area contributed by atoms with Gasteiger partial charge in [0.15, 0.2) is 6.61 Å². The van der Waals surface area contributed by atoms with Crippen molar-refractivity contribution in [1.29, 1.82) is 0 Å². The van der Waals surface area contributed by atoms with Crippen molar-refractivity contribution in [1.82, 2.24) is 5.32 Å². The average molecular weight is 412 g/mol. The summed E-state index contributed by atoms with van der Waals surface area (Å²) in [6, 6.07) is 26.3. The third-order valence-electron chi connectivity index (χ3n) is 5.59. The van der Waals surface area contributed by atoms with E-state index in [0.29, 0.717) is 11.3 Å². The molecule has 0 bridgehead atoms. The molecule has 0 fully saturated rings. The van der Waals surface area contributed by atoms with Crippen LogP contribution < -0.4 is 10.1 Å². The van der Waals surface area contributed by atoms with Gasteiger partial charge >= 0.3 is 0 Å². The number of amides is 1. The lowest BCUT2D eigenvalue weighted by Crippen LogP contribution is -2.33. The number of nitrogens with one attached hydrogen (secondary N) is 1. The molecule has 1 amide bonds. The highest BCUT2D eigenvalue weighted by atomic mass is 16.5. The monoisotopic (exact) mass is 411 g/mol. The number of rotatable bonds is 6. The largest absolute Gasteiger partial charge is 0.508 e. The maximum absolute atomic E-state index is 12.9. The van der Waals surface area contributed by atoms with Crippen LogP contribution in [-0.2, 0) is 4.79 Å². The van der Waals surface area contributed by atoms with E-state index in [9.17, 15) is 9.90 Å². The Bertz CT molecular complexity index is 1220. The number of carbonyl (C=O) groups excluding carboxylic acids is 1. The fraction of sp³-hybridized carbons (Fsp3) is 0.148. The van der Waals surface area contributed by atoms with E-state index >= 15 is 0 Å². The Morgan fingerprint density at radius 3 is 2.45 bits per heavy atom. The Labute approximate surface area is 182 Å². The number of hydrogen-bond donors (Lipinski definition) is 2. The van der Waals surface area contributed by atoms with Gasteiger partial charge in [-0.3, -0.25) is 4.79 Å². The van der Waals surface area contributed by atoms with Gasteiger partial charge in [0.2, 0.25) is 0 Å². The number of hydrogen-bond acceptors (Lipinski definition) is 3. The molecule has 1 unspecified atom stereocenters. The number of benzene rings is 4. The highest BCUT2D eigenvalue weighted by molar-refractivity contribution is 5.89. The Kier molecular flexibility index (Phi) is 5.89. The van der Waals surface area contributed by atoms with Crippen molar-refractivity contribution < 1.29 is 14.6 Å². The Hall–Kier alpha value is -3.79. The summed E-state index contributed by atoms with van der Waals surface area (Å²) in [4.78, 5) is 12.9. The smallest absolute Gasteiger partial charge is 0.258 e. The van der Waals surface area contributed by atoms with Crippen LogP contribution in [0.1, 0.15) is 28.3 Å². The maximum atomic E-state index is 12.9. The molecule has 0 aliphatic rings. The summed E-state index contributed by atoms with van der Waals surface area (Å²) in [5.41, 5.74) is 3.68. The molecule has 4 nitrogen and oxygen atoms in total. The van der Waals surface area contributed by atoms with Gasteiger partial charge < -0.3 is 15.2 Å². The quantitative estimate of drug-likeness (QED) is 0.444. The molecule has 4 aromatic carbocycles. The molecule has 1 atom stereocenters. The predicted molar refractivity (Wildman–Crippen MR) is 123 cm³/mol. The third-order valence-corrected chi connectivity index (χ3v) is 5.59. The first kappa shape index (κ1) is 20.5. The molecule has 156 valence electrons. The second-order valence-electron chi connectivity index (χ2n) is 7.62. The number of aryl methyl sites for hydroxylation is 1. The molecule has 0 aliphatic carbocycles. The highest BCUT2D eigenvalue weighted by Crippen LogP contribution is 2.35. The summed E-state index contributed by atoms with van der Waals surface area (Å²) < 4.78 is 5.80. The van der Waals surface area contributed by atoms with E-state index in [4.69, 9.17) is 4.74 Å². The average Bonchev–Trinajstić information content (AvgIpc) is 2.79. The van der Waals surface area contributed by atoms with Crippen molar-refractivity contribution >= 4 is 16.7 Å². The van der Waals surface area contributed by atoms with Crippen LogP contribution in [0, 0.1) is 13.8 Å². The molecular weight excluding hydrogens is 386 g/mol. The normalized spacial score (nSPS) is 11.8. The fourth-order valence-corrected chi connectivity index (χ4v) is 3.78. The van der Waals surface area contributed by atoms with Crippen molar-refractivity contribution in [2.45, 2.75) is 19.9 Å². The van der Waals surface area contributed by atoms with E-state index < -0.39 is 6.04 Å². The zero-order valence-electron chi connectivity index (χ0n) is 17.6. The molecule has 31 heavy (non-hydrogen) atoms. The van der Waals surface area contributed by atoms with Gasteiger partial charge in [0.25, 0.3) is 5.91 Å². The van der Waals surface area contributed by atoms with Crippen LogP contribution in [0.4, 0.5) is 0 Å². The molecule has 2 N–H and O–H groups in total. The van der Waals surface area contributed by atoms with Gasteiger partial charge in [0.05, 0.1) is 6.04 Å². The van der Waals surface area contributed by atoms with Crippen molar-refractivity contribution in [3.63, 3.8) is 0 Å². The van der Waals surface area contributed by atoms with E-state index in [2.05, 4.69) is 5.32 Å². The molecule has 0 aromatic heterocycles. The maximum Gasteiger partial charge on any atom is 0.258 e. The summed E-state index contributed by atoms with van der Waals surface area (Å²) in [5.74, 6) is 0.574. The van der Waals surface area contributed by atoms with Gasteiger partial charge in [-0.25, -0.2) is 0 Å². The second-order valence-corrected chi connectivity index (χ2v) is 7.62. The molecule has 4 rings (SSSR count). The summed E-state index contributed by atoms with van der Waals surface area (Å²) in [5, 5.41) is 15.7. The van der Waals surface area contributed by atoms with Crippen molar-refractivity contribution in [3.05, 3.63) is 107 Å². The number of ether oxygens (including phenoxy) is 1. The number of phenols is 1. The first-order chi connectivity index (χ1) is 15.0. The second kappa shape index (κ2) is 8.92. The van der Waals surface area contributed by atoms with Crippen molar-refractivity contribution in [2.75, 3.05) is 6.61 Å². The Balaban J connectivity index is 1.65. The van der Waals surface area contributed by atoms with Crippen LogP contribution >= 0.6 is 0 Å². The summed E-state index contributed by atoms with van der Waals surface area (Å²) in [7, 11) is 0. The zero-order valence-corrected chi connectivity index (χ0v) is 17.6. The molecule has 4 heteroatoms. The van der Waals surface area contributed by atoms with Gasteiger partial charge in [0, 0.05) is 5.56 Å². The van der Waals surface area contributed by atoms with Gasteiger partial charge in [-0.1, -0.05) is 72.8 Å². The first-order valence-electron chi connectivity index (χ1n) is 10.3. The molecule has 0 spiro atoms. The van der Waals surface area contributed by atoms with Gasteiger partial charge in [-0.05, 0) is 53.4 Å². The van der Waals surface area contributed by atoms with Crippen molar-refractivity contribution in [2.24, 2.45) is 0 Å². The number of phenolic OH excluding ortho intramolecular Hbond substituents is 1. The van der Waals surface area contributed by atoms with Crippen molar-refractivity contribution in [3.8, 4) is 11.5 Å². The molecule has 0 radical (unpaired) electrons. The molecule has 0 aliphatic heterocycles. The van der Waals surface area contributed by atoms with Gasteiger partial charge in [0.1, 0.15) is 11.5 Å². The summed E-state index contributed by atoms with van der Waals surface area (Å²) >= 11 is 0. The van der Waals surface area contributed by atoms with E-state index in [1.807, 2.05) is 92.7 Å². The number of aromatic hydroxyl groups is 1. The lowest BCUT2D eigenvalue weighted by atomic mass is 9.92.